The molecule has 0 saturated heterocycles. The fraction of sp³-hybridized carbons (Fsp3) is 0.174. The summed E-state index contributed by atoms with van der Waals surface area (Å²) in [6.07, 6.45) is 0. The number of sulfonamides is 1. The van der Waals surface area contributed by atoms with Crippen molar-refractivity contribution in [2.45, 2.75) is 25.7 Å². The van der Waals surface area contributed by atoms with Crippen LogP contribution < -0.4 is 19.5 Å². The van der Waals surface area contributed by atoms with Crippen molar-refractivity contribution in [2.75, 3.05) is 16.8 Å². The van der Waals surface area contributed by atoms with Crippen molar-refractivity contribution < 1.29 is 22.7 Å². The molecule has 7 nitrogen and oxygen atoms in total. The van der Waals surface area contributed by atoms with Gasteiger partial charge in [0.15, 0.2) is 11.5 Å². The molecular formula is C23H22N2O5S. The molecule has 4 rings (SSSR count). The van der Waals surface area contributed by atoms with Crippen LogP contribution in [0.15, 0.2) is 59.5 Å². The van der Waals surface area contributed by atoms with Crippen molar-refractivity contribution in [1.82, 2.24) is 0 Å². The standard InChI is InChI=1S/C23H22N2O5S/c1-14-10-15(2)22(16(3)11-14)25-31(27,28)19-7-5-18(6-8-19)24-23(26)17-4-9-20-21(12-17)30-13-29-20/h4-12,25H,13H2,1-3H3,(H,24,26). The van der Waals surface area contributed by atoms with Crippen LogP contribution in [-0.4, -0.2) is 21.1 Å². The van der Waals surface area contributed by atoms with Gasteiger partial charge in [0, 0.05) is 11.3 Å². The first-order valence-corrected chi connectivity index (χ1v) is 11.1. The van der Waals surface area contributed by atoms with Crippen molar-refractivity contribution in [3.05, 3.63) is 76.9 Å². The molecule has 1 amide bonds. The molecule has 0 radical (unpaired) electrons. The lowest BCUT2D eigenvalue weighted by Crippen LogP contribution is -2.15. The Morgan fingerprint density at radius 2 is 1.52 bits per heavy atom. The van der Waals surface area contributed by atoms with Crippen molar-refractivity contribution >= 4 is 27.3 Å². The predicted octanol–water partition coefficient (Wildman–Crippen LogP) is 4.39. The molecule has 0 unspecified atom stereocenters. The Bertz CT molecular complexity index is 1240. The second kappa shape index (κ2) is 7.96. The van der Waals surface area contributed by atoms with Crippen molar-refractivity contribution in [3.8, 4) is 11.5 Å². The van der Waals surface area contributed by atoms with E-state index in [1.807, 2.05) is 32.9 Å². The number of fused-ring (bicyclic) bond motifs is 1. The molecule has 0 saturated carbocycles. The van der Waals surface area contributed by atoms with Gasteiger partial charge in [-0.05, 0) is 74.4 Å². The molecule has 1 heterocycles. The highest BCUT2D eigenvalue weighted by atomic mass is 32.2. The maximum Gasteiger partial charge on any atom is 0.261 e. The second-order valence-electron chi connectivity index (χ2n) is 7.43. The zero-order chi connectivity index (χ0) is 22.2. The van der Waals surface area contributed by atoms with E-state index in [9.17, 15) is 13.2 Å². The molecule has 0 spiro atoms. The monoisotopic (exact) mass is 438 g/mol. The van der Waals surface area contributed by atoms with Gasteiger partial charge in [-0.1, -0.05) is 17.7 Å². The average Bonchev–Trinajstić information content (AvgIpc) is 3.19. The van der Waals surface area contributed by atoms with Gasteiger partial charge in [-0.2, -0.15) is 0 Å². The van der Waals surface area contributed by atoms with Crippen molar-refractivity contribution in [1.29, 1.82) is 0 Å². The lowest BCUT2D eigenvalue weighted by atomic mass is 10.1. The number of anilines is 2. The van der Waals surface area contributed by atoms with Crippen LogP contribution in [0, 0.1) is 20.8 Å². The molecule has 2 N–H and O–H groups in total. The highest BCUT2D eigenvalue weighted by Gasteiger charge is 2.18. The Kier molecular flexibility index (Phi) is 5.32. The zero-order valence-corrected chi connectivity index (χ0v) is 18.2. The van der Waals surface area contributed by atoms with E-state index in [-0.39, 0.29) is 17.6 Å². The molecule has 31 heavy (non-hydrogen) atoms. The topological polar surface area (TPSA) is 93.7 Å². The summed E-state index contributed by atoms with van der Waals surface area (Å²) < 4.78 is 38.9. The van der Waals surface area contributed by atoms with Crippen molar-refractivity contribution in [2.24, 2.45) is 0 Å². The molecule has 3 aromatic carbocycles. The Morgan fingerprint density at radius 3 is 2.19 bits per heavy atom. The number of rotatable bonds is 5. The van der Waals surface area contributed by atoms with Gasteiger partial charge in [0.2, 0.25) is 6.79 Å². The molecule has 160 valence electrons. The van der Waals surface area contributed by atoms with Crippen LogP contribution in [-0.2, 0) is 10.0 Å². The third kappa shape index (κ3) is 4.34. The minimum absolute atomic E-state index is 0.105. The van der Waals surface area contributed by atoms with Gasteiger partial charge >= 0.3 is 0 Å². The fourth-order valence-corrected chi connectivity index (χ4v) is 4.70. The summed E-state index contributed by atoms with van der Waals surface area (Å²) in [4.78, 5) is 12.6. The zero-order valence-electron chi connectivity index (χ0n) is 17.4. The molecule has 0 aromatic heterocycles. The SMILES string of the molecule is Cc1cc(C)c(NS(=O)(=O)c2ccc(NC(=O)c3ccc4c(c3)OCO4)cc2)c(C)c1. The summed E-state index contributed by atoms with van der Waals surface area (Å²) in [5.74, 6) is 0.775. The minimum Gasteiger partial charge on any atom is -0.454 e. The van der Waals surface area contributed by atoms with Gasteiger partial charge in [-0.25, -0.2) is 8.42 Å². The first-order valence-electron chi connectivity index (χ1n) is 9.65. The Hall–Kier alpha value is -3.52. The van der Waals surface area contributed by atoms with Gasteiger partial charge in [-0.3, -0.25) is 9.52 Å². The first-order chi connectivity index (χ1) is 14.7. The smallest absolute Gasteiger partial charge is 0.261 e. The number of hydrogen-bond donors (Lipinski definition) is 2. The Labute approximate surface area is 181 Å². The quantitative estimate of drug-likeness (QED) is 0.616. The minimum atomic E-state index is -3.77. The predicted molar refractivity (Wildman–Crippen MR) is 118 cm³/mol. The highest BCUT2D eigenvalue weighted by molar-refractivity contribution is 7.92. The Balaban J connectivity index is 1.49. The van der Waals surface area contributed by atoms with E-state index >= 15 is 0 Å². The van der Waals surface area contributed by atoms with Crippen LogP contribution in [0.5, 0.6) is 11.5 Å². The summed E-state index contributed by atoms with van der Waals surface area (Å²) >= 11 is 0. The van der Waals surface area contributed by atoms with Crippen LogP contribution in [0.2, 0.25) is 0 Å². The van der Waals surface area contributed by atoms with Crippen LogP contribution >= 0.6 is 0 Å². The lowest BCUT2D eigenvalue weighted by Gasteiger charge is -2.14. The summed E-state index contributed by atoms with van der Waals surface area (Å²) in [6.45, 7) is 5.83. The third-order valence-electron chi connectivity index (χ3n) is 4.97. The molecule has 0 fully saturated rings. The highest BCUT2D eigenvalue weighted by Crippen LogP contribution is 2.32. The van der Waals surface area contributed by atoms with E-state index < -0.39 is 10.0 Å². The van der Waals surface area contributed by atoms with Crippen LogP contribution in [0.3, 0.4) is 0 Å². The van der Waals surface area contributed by atoms with E-state index in [1.165, 1.54) is 12.1 Å². The maximum absolute atomic E-state index is 12.8. The van der Waals surface area contributed by atoms with Crippen LogP contribution in [0.25, 0.3) is 0 Å². The number of nitrogens with one attached hydrogen (secondary N) is 2. The molecule has 0 atom stereocenters. The fourth-order valence-electron chi connectivity index (χ4n) is 3.49. The molecule has 0 aliphatic carbocycles. The number of amides is 1. The molecule has 1 aliphatic heterocycles. The van der Waals surface area contributed by atoms with Crippen molar-refractivity contribution in [3.63, 3.8) is 0 Å². The summed E-state index contributed by atoms with van der Waals surface area (Å²) in [7, 11) is -3.77. The number of aryl methyl sites for hydroxylation is 3. The lowest BCUT2D eigenvalue weighted by molar-refractivity contribution is 0.102. The van der Waals surface area contributed by atoms with E-state index in [0.717, 1.165) is 16.7 Å². The second-order valence-corrected chi connectivity index (χ2v) is 9.11. The van der Waals surface area contributed by atoms with Gasteiger partial charge in [0.25, 0.3) is 15.9 Å². The number of hydrogen-bond acceptors (Lipinski definition) is 5. The van der Waals surface area contributed by atoms with E-state index in [1.54, 1.807) is 30.3 Å². The van der Waals surface area contributed by atoms with E-state index in [4.69, 9.17) is 9.47 Å². The maximum atomic E-state index is 12.8. The number of benzene rings is 3. The normalized spacial score (nSPS) is 12.5. The summed E-state index contributed by atoms with van der Waals surface area (Å²) in [6, 6.07) is 14.8. The number of carbonyl (C=O) groups is 1. The van der Waals surface area contributed by atoms with Gasteiger partial charge in [0.1, 0.15) is 0 Å². The summed E-state index contributed by atoms with van der Waals surface area (Å²) in [5.41, 5.74) is 4.24. The number of carbonyl (C=O) groups excluding carboxylic acids is 1. The molecular weight excluding hydrogens is 416 g/mol. The van der Waals surface area contributed by atoms with Gasteiger partial charge in [0.05, 0.1) is 10.6 Å². The molecule has 1 aliphatic rings. The first kappa shape index (κ1) is 20.7. The molecule has 0 bridgehead atoms. The van der Waals surface area contributed by atoms with E-state index in [2.05, 4.69) is 10.0 Å². The third-order valence-corrected chi connectivity index (χ3v) is 6.34. The number of ether oxygens (including phenoxy) is 2. The molecule has 8 heteroatoms. The largest absolute Gasteiger partial charge is 0.454 e. The Morgan fingerprint density at radius 1 is 0.871 bits per heavy atom. The average molecular weight is 439 g/mol. The van der Waals surface area contributed by atoms with E-state index in [0.29, 0.717) is 28.4 Å². The van der Waals surface area contributed by atoms with Gasteiger partial charge < -0.3 is 14.8 Å². The molecule has 3 aromatic rings. The van der Waals surface area contributed by atoms with Gasteiger partial charge in [-0.15, -0.1) is 0 Å². The van der Waals surface area contributed by atoms with Crippen LogP contribution in [0.1, 0.15) is 27.0 Å². The van der Waals surface area contributed by atoms with Crippen LogP contribution in [0.4, 0.5) is 11.4 Å². The summed E-state index contributed by atoms with van der Waals surface area (Å²) in [5, 5.41) is 2.75.